The Bertz CT molecular complexity index is 308. The van der Waals surface area contributed by atoms with Gasteiger partial charge in [-0.05, 0) is 0 Å². The molecule has 0 bridgehead atoms. The van der Waals surface area contributed by atoms with Crippen molar-refractivity contribution in [1.82, 2.24) is 9.80 Å². The summed E-state index contributed by atoms with van der Waals surface area (Å²) >= 11 is 1.48. The molecule has 0 radical (unpaired) electrons. The second-order valence-electron chi connectivity index (χ2n) is 3.40. The molecule has 0 aliphatic carbocycles. The Morgan fingerprint density at radius 1 is 1.56 bits per heavy atom. The second-order valence-corrected chi connectivity index (χ2v) is 4.35. The molecule has 1 aliphatic rings. The van der Waals surface area contributed by atoms with Crippen LogP contribution in [0.15, 0.2) is 0 Å². The number of methoxy groups -OCH3 is 1. The number of carbonyl (C=O) groups is 3. The van der Waals surface area contributed by atoms with Crippen molar-refractivity contribution >= 4 is 29.5 Å². The summed E-state index contributed by atoms with van der Waals surface area (Å²) in [6.07, 6.45) is 0. The number of ether oxygens (including phenoxy) is 1. The topological polar surface area (TPSA) is 66.9 Å². The van der Waals surface area contributed by atoms with Crippen molar-refractivity contribution in [2.75, 3.05) is 38.9 Å². The molecule has 1 fully saturated rings. The normalized spacial score (nSPS) is 15.1. The van der Waals surface area contributed by atoms with Crippen LogP contribution in [0.25, 0.3) is 0 Å². The molecular weight excluding hydrogens is 232 g/mol. The highest BCUT2D eigenvalue weighted by atomic mass is 32.2. The average molecular weight is 246 g/mol. The molecule has 90 valence electrons. The maximum absolute atomic E-state index is 11.6. The molecule has 1 heterocycles. The number of hydrogen-bond donors (Lipinski definition) is 0. The van der Waals surface area contributed by atoms with Gasteiger partial charge in [0.25, 0.3) is 0 Å². The Kier molecular flexibility index (Phi) is 4.60. The SMILES string of the molecule is COC(=O)CN(C)C(=O)CN1CSCC1=O. The van der Waals surface area contributed by atoms with E-state index in [1.54, 1.807) is 0 Å². The number of esters is 1. The summed E-state index contributed by atoms with van der Waals surface area (Å²) in [5.74, 6) is 0.189. The first-order valence-electron chi connectivity index (χ1n) is 4.71. The van der Waals surface area contributed by atoms with Gasteiger partial charge >= 0.3 is 5.97 Å². The van der Waals surface area contributed by atoms with Crippen LogP contribution < -0.4 is 0 Å². The molecule has 0 aromatic heterocycles. The predicted octanol–water partition coefficient (Wildman–Crippen LogP) is -0.849. The van der Waals surface area contributed by atoms with E-state index in [1.807, 2.05) is 0 Å². The highest BCUT2D eigenvalue weighted by molar-refractivity contribution is 8.00. The van der Waals surface area contributed by atoms with Crippen LogP contribution in [0.5, 0.6) is 0 Å². The van der Waals surface area contributed by atoms with E-state index < -0.39 is 5.97 Å². The highest BCUT2D eigenvalue weighted by Crippen LogP contribution is 2.14. The zero-order valence-corrected chi connectivity index (χ0v) is 10.1. The second kappa shape index (κ2) is 5.74. The van der Waals surface area contributed by atoms with E-state index in [1.165, 1.54) is 35.7 Å². The molecule has 16 heavy (non-hydrogen) atoms. The summed E-state index contributed by atoms with van der Waals surface area (Å²) in [6, 6.07) is 0. The Morgan fingerprint density at radius 2 is 2.25 bits per heavy atom. The van der Waals surface area contributed by atoms with Crippen molar-refractivity contribution in [2.24, 2.45) is 0 Å². The van der Waals surface area contributed by atoms with Crippen LogP contribution >= 0.6 is 11.8 Å². The lowest BCUT2D eigenvalue weighted by Crippen LogP contribution is -2.41. The van der Waals surface area contributed by atoms with Gasteiger partial charge in [-0.15, -0.1) is 11.8 Å². The number of rotatable bonds is 4. The lowest BCUT2D eigenvalue weighted by Gasteiger charge is -2.19. The van der Waals surface area contributed by atoms with E-state index in [9.17, 15) is 14.4 Å². The first-order valence-corrected chi connectivity index (χ1v) is 5.86. The number of carbonyl (C=O) groups excluding carboxylic acids is 3. The summed E-state index contributed by atoms with van der Waals surface area (Å²) in [5, 5.41) is 0. The standard InChI is InChI=1S/C9H14N2O4S/c1-10(4-9(14)15-2)7(12)3-11-6-16-5-8(11)13/h3-6H2,1-2H3. The fourth-order valence-electron chi connectivity index (χ4n) is 1.17. The molecular formula is C9H14N2O4S. The molecule has 1 rings (SSSR count). The van der Waals surface area contributed by atoms with E-state index in [0.717, 1.165) is 0 Å². The van der Waals surface area contributed by atoms with E-state index in [-0.39, 0.29) is 24.9 Å². The minimum atomic E-state index is -0.474. The monoisotopic (exact) mass is 246 g/mol. The van der Waals surface area contributed by atoms with Crippen molar-refractivity contribution in [3.8, 4) is 0 Å². The molecule has 7 heteroatoms. The van der Waals surface area contributed by atoms with Crippen LogP contribution in [0.1, 0.15) is 0 Å². The largest absolute Gasteiger partial charge is 0.468 e. The lowest BCUT2D eigenvalue weighted by atomic mass is 10.4. The first-order chi connectivity index (χ1) is 7.54. The molecule has 2 amide bonds. The average Bonchev–Trinajstić information content (AvgIpc) is 2.64. The fraction of sp³-hybridized carbons (Fsp3) is 0.667. The third-order valence-corrected chi connectivity index (χ3v) is 3.12. The van der Waals surface area contributed by atoms with Gasteiger partial charge in [-0.2, -0.15) is 0 Å². The lowest BCUT2D eigenvalue weighted by molar-refractivity contribution is -0.147. The van der Waals surface area contributed by atoms with Crippen molar-refractivity contribution < 1.29 is 19.1 Å². The quantitative estimate of drug-likeness (QED) is 0.605. The van der Waals surface area contributed by atoms with Crippen LogP contribution in [-0.2, 0) is 19.1 Å². The Balaban J connectivity index is 2.39. The van der Waals surface area contributed by atoms with Gasteiger partial charge in [0.2, 0.25) is 11.8 Å². The van der Waals surface area contributed by atoms with Gasteiger partial charge in [-0.25, -0.2) is 0 Å². The number of amides is 2. The van der Waals surface area contributed by atoms with Crippen LogP contribution in [0.3, 0.4) is 0 Å². The molecule has 1 saturated heterocycles. The van der Waals surface area contributed by atoms with Crippen molar-refractivity contribution in [1.29, 1.82) is 0 Å². The zero-order chi connectivity index (χ0) is 12.1. The minimum Gasteiger partial charge on any atom is -0.468 e. The van der Waals surface area contributed by atoms with E-state index >= 15 is 0 Å². The Labute approximate surface area is 97.9 Å². The third kappa shape index (κ3) is 3.41. The predicted molar refractivity (Wildman–Crippen MR) is 58.7 cm³/mol. The van der Waals surface area contributed by atoms with E-state index in [2.05, 4.69) is 4.74 Å². The smallest absolute Gasteiger partial charge is 0.325 e. The number of likely N-dealkylation sites (N-methyl/N-ethyl adjacent to an activating group) is 1. The van der Waals surface area contributed by atoms with Gasteiger partial charge in [-0.3, -0.25) is 14.4 Å². The van der Waals surface area contributed by atoms with Crippen molar-refractivity contribution in [3.63, 3.8) is 0 Å². The molecule has 0 N–H and O–H groups in total. The Morgan fingerprint density at radius 3 is 2.75 bits per heavy atom. The summed E-state index contributed by atoms with van der Waals surface area (Å²) in [6.45, 7) is -0.0656. The molecule has 0 unspecified atom stereocenters. The minimum absolute atomic E-state index is 0.0271. The van der Waals surface area contributed by atoms with Crippen LogP contribution in [0.4, 0.5) is 0 Å². The molecule has 6 nitrogen and oxygen atoms in total. The number of thioether (sulfide) groups is 1. The summed E-state index contributed by atoms with van der Waals surface area (Å²) in [5.41, 5.74) is 0. The molecule has 0 atom stereocenters. The third-order valence-electron chi connectivity index (χ3n) is 2.17. The summed E-state index contributed by atoms with van der Waals surface area (Å²) in [7, 11) is 2.77. The van der Waals surface area contributed by atoms with Gasteiger partial charge in [0, 0.05) is 7.05 Å². The van der Waals surface area contributed by atoms with Gasteiger partial charge in [0.1, 0.15) is 13.1 Å². The maximum Gasteiger partial charge on any atom is 0.325 e. The molecule has 0 aromatic rings. The Hall–Kier alpha value is -1.24. The highest BCUT2D eigenvalue weighted by Gasteiger charge is 2.24. The van der Waals surface area contributed by atoms with E-state index in [4.69, 9.17) is 0 Å². The molecule has 0 spiro atoms. The van der Waals surface area contributed by atoms with Gasteiger partial charge in [0.15, 0.2) is 0 Å². The fourth-order valence-corrected chi connectivity index (χ4v) is 2.07. The summed E-state index contributed by atoms with van der Waals surface area (Å²) < 4.78 is 4.44. The zero-order valence-electron chi connectivity index (χ0n) is 9.26. The van der Waals surface area contributed by atoms with Gasteiger partial charge in [-0.1, -0.05) is 0 Å². The number of hydrogen-bond acceptors (Lipinski definition) is 5. The summed E-state index contributed by atoms with van der Waals surface area (Å²) in [4.78, 5) is 36.5. The van der Waals surface area contributed by atoms with Gasteiger partial charge in [0.05, 0.1) is 18.7 Å². The van der Waals surface area contributed by atoms with Gasteiger partial charge < -0.3 is 14.5 Å². The van der Waals surface area contributed by atoms with Crippen molar-refractivity contribution in [2.45, 2.75) is 0 Å². The molecule has 0 saturated carbocycles. The molecule has 1 aliphatic heterocycles. The van der Waals surface area contributed by atoms with Crippen LogP contribution in [0, 0.1) is 0 Å². The first kappa shape index (κ1) is 12.8. The van der Waals surface area contributed by atoms with Crippen LogP contribution in [-0.4, -0.2) is 66.5 Å². The maximum atomic E-state index is 11.6. The molecule has 0 aromatic carbocycles. The van der Waals surface area contributed by atoms with Crippen LogP contribution in [0.2, 0.25) is 0 Å². The van der Waals surface area contributed by atoms with E-state index in [0.29, 0.717) is 11.6 Å². The van der Waals surface area contributed by atoms with Crippen molar-refractivity contribution in [3.05, 3.63) is 0 Å². The number of nitrogens with zero attached hydrogens (tertiary/aromatic N) is 2.